The number of rotatable bonds is 3. The molecule has 0 saturated carbocycles. The zero-order chi connectivity index (χ0) is 19.9. The summed E-state index contributed by atoms with van der Waals surface area (Å²) in [6.45, 7) is 3.74. The van der Waals surface area contributed by atoms with E-state index in [2.05, 4.69) is 0 Å². The van der Waals surface area contributed by atoms with Gasteiger partial charge in [0.15, 0.2) is 0 Å². The number of aromatic nitrogens is 1. The fourth-order valence-corrected chi connectivity index (χ4v) is 3.55. The van der Waals surface area contributed by atoms with E-state index in [9.17, 15) is 18.0 Å². The smallest absolute Gasteiger partial charge is 0.416 e. The molecule has 0 fully saturated rings. The molecule has 0 amide bonds. The number of alkyl halides is 3. The lowest BCUT2D eigenvalue weighted by atomic mass is 10.0. The van der Waals surface area contributed by atoms with Crippen LogP contribution in [0.25, 0.3) is 10.9 Å². The average molecular weight is 396 g/mol. The first-order chi connectivity index (χ1) is 12.6. The molecule has 0 spiro atoms. The molecule has 0 atom stereocenters. The van der Waals surface area contributed by atoms with Crippen molar-refractivity contribution < 1.29 is 22.7 Å². The van der Waals surface area contributed by atoms with Gasteiger partial charge in [-0.25, -0.2) is 4.79 Å². The van der Waals surface area contributed by atoms with E-state index in [4.69, 9.17) is 16.3 Å². The van der Waals surface area contributed by atoms with Crippen molar-refractivity contribution in [3.05, 3.63) is 69.4 Å². The van der Waals surface area contributed by atoms with Gasteiger partial charge in [0.25, 0.3) is 0 Å². The van der Waals surface area contributed by atoms with Gasteiger partial charge in [0.05, 0.1) is 23.8 Å². The molecule has 1 heterocycles. The minimum atomic E-state index is -4.39. The van der Waals surface area contributed by atoms with Crippen LogP contribution in [0.1, 0.15) is 32.6 Å². The summed E-state index contributed by atoms with van der Waals surface area (Å²) in [6.07, 6.45) is -2.67. The highest BCUT2D eigenvalue weighted by Gasteiger charge is 2.31. The molecule has 27 heavy (non-hydrogen) atoms. The molecule has 2 aromatic carbocycles. The summed E-state index contributed by atoms with van der Waals surface area (Å²) in [7, 11) is 1.30. The molecule has 0 N–H and O–H groups in total. The molecule has 0 radical (unpaired) electrons. The molecule has 0 aliphatic carbocycles. The lowest BCUT2D eigenvalue weighted by Crippen LogP contribution is -2.09. The van der Waals surface area contributed by atoms with Crippen LogP contribution in [0.4, 0.5) is 13.2 Å². The molecule has 3 nitrogen and oxygen atoms in total. The summed E-state index contributed by atoms with van der Waals surface area (Å²) in [5.74, 6) is -0.464. The van der Waals surface area contributed by atoms with Gasteiger partial charge in [-0.15, -0.1) is 0 Å². The lowest BCUT2D eigenvalue weighted by Gasteiger charge is -2.15. The average Bonchev–Trinajstić information content (AvgIpc) is 3.00. The predicted octanol–water partition coefficient (Wildman–Crippen LogP) is 5.77. The molecule has 0 saturated heterocycles. The van der Waals surface area contributed by atoms with Gasteiger partial charge in [-0.1, -0.05) is 11.6 Å². The summed E-state index contributed by atoms with van der Waals surface area (Å²) in [6, 6.07) is 7.14. The van der Waals surface area contributed by atoms with Gasteiger partial charge in [0.2, 0.25) is 0 Å². The summed E-state index contributed by atoms with van der Waals surface area (Å²) in [5.41, 5.74) is 2.35. The van der Waals surface area contributed by atoms with Crippen molar-refractivity contribution in [2.24, 2.45) is 0 Å². The first kappa shape index (κ1) is 19.3. The highest BCUT2D eigenvalue weighted by atomic mass is 35.5. The number of methoxy groups -OCH3 is 1. The Balaban J connectivity index is 2.10. The van der Waals surface area contributed by atoms with Crippen LogP contribution < -0.4 is 0 Å². The monoisotopic (exact) mass is 395 g/mol. The van der Waals surface area contributed by atoms with E-state index in [0.29, 0.717) is 39.2 Å². The highest BCUT2D eigenvalue weighted by Crippen LogP contribution is 2.34. The van der Waals surface area contributed by atoms with Gasteiger partial charge in [-0.05, 0) is 60.9 Å². The van der Waals surface area contributed by atoms with Crippen LogP contribution in [0.15, 0.2) is 36.5 Å². The van der Waals surface area contributed by atoms with Crippen LogP contribution in [0, 0.1) is 13.8 Å². The molecular formula is C20H17ClF3NO2. The third kappa shape index (κ3) is 3.54. The van der Waals surface area contributed by atoms with Crippen molar-refractivity contribution in [3.63, 3.8) is 0 Å². The topological polar surface area (TPSA) is 31.2 Å². The van der Waals surface area contributed by atoms with E-state index in [1.54, 1.807) is 38.2 Å². The van der Waals surface area contributed by atoms with Crippen LogP contribution in [-0.4, -0.2) is 17.6 Å². The first-order valence-corrected chi connectivity index (χ1v) is 8.54. The standard InChI is InChI=1S/C20H17ClF3NO2/c1-11-8-14(20(22,23)24)9-13-6-7-25(18(11)13)10-16-12(2)15(19(26)27-3)4-5-17(16)21/h4-9H,10H2,1-3H3. The maximum absolute atomic E-state index is 13.0. The summed E-state index contributed by atoms with van der Waals surface area (Å²) in [5, 5.41) is 0.979. The molecule has 142 valence electrons. The Labute approximate surface area is 159 Å². The maximum atomic E-state index is 13.0. The Morgan fingerprint density at radius 1 is 1.19 bits per heavy atom. The molecule has 3 rings (SSSR count). The number of halogens is 4. The van der Waals surface area contributed by atoms with E-state index in [0.717, 1.165) is 17.7 Å². The van der Waals surface area contributed by atoms with Crippen LogP contribution >= 0.6 is 11.6 Å². The summed E-state index contributed by atoms with van der Waals surface area (Å²) in [4.78, 5) is 11.9. The number of hydrogen-bond acceptors (Lipinski definition) is 2. The number of esters is 1. The summed E-state index contributed by atoms with van der Waals surface area (Å²) < 4.78 is 45.7. The Bertz CT molecular complexity index is 1040. The Kier molecular flexibility index (Phi) is 4.95. The number of carbonyl (C=O) groups is 1. The van der Waals surface area contributed by atoms with Gasteiger partial charge < -0.3 is 9.30 Å². The SMILES string of the molecule is COC(=O)c1ccc(Cl)c(Cn2ccc3cc(C(F)(F)F)cc(C)c32)c1C. The number of benzene rings is 2. The van der Waals surface area contributed by atoms with Crippen LogP contribution in [0.5, 0.6) is 0 Å². The van der Waals surface area contributed by atoms with Gasteiger partial charge in [0.1, 0.15) is 0 Å². The Hall–Kier alpha value is -2.47. The quantitative estimate of drug-likeness (QED) is 0.527. The molecule has 3 aromatic rings. The van der Waals surface area contributed by atoms with Crippen molar-refractivity contribution in [2.45, 2.75) is 26.6 Å². The Morgan fingerprint density at radius 2 is 1.89 bits per heavy atom. The second-order valence-corrected chi connectivity index (χ2v) is 6.77. The van der Waals surface area contributed by atoms with Crippen LogP contribution in [0.3, 0.4) is 0 Å². The van der Waals surface area contributed by atoms with E-state index in [1.165, 1.54) is 7.11 Å². The van der Waals surface area contributed by atoms with Gasteiger partial charge >= 0.3 is 12.1 Å². The minimum absolute atomic E-state index is 0.325. The third-order valence-corrected chi connectivity index (χ3v) is 5.01. The minimum Gasteiger partial charge on any atom is -0.465 e. The van der Waals surface area contributed by atoms with Crippen molar-refractivity contribution in [3.8, 4) is 0 Å². The van der Waals surface area contributed by atoms with Crippen molar-refractivity contribution in [2.75, 3.05) is 7.11 Å². The van der Waals surface area contributed by atoms with Crippen molar-refractivity contribution in [1.29, 1.82) is 0 Å². The van der Waals surface area contributed by atoms with E-state index < -0.39 is 17.7 Å². The fraction of sp³-hybridized carbons (Fsp3) is 0.250. The number of hydrogen-bond donors (Lipinski definition) is 0. The number of nitrogens with zero attached hydrogens (tertiary/aromatic N) is 1. The molecule has 0 aliphatic heterocycles. The summed E-state index contributed by atoms with van der Waals surface area (Å²) >= 11 is 6.33. The van der Waals surface area contributed by atoms with E-state index in [-0.39, 0.29) is 0 Å². The Morgan fingerprint density at radius 3 is 2.52 bits per heavy atom. The number of fused-ring (bicyclic) bond motifs is 1. The van der Waals surface area contributed by atoms with Crippen LogP contribution in [-0.2, 0) is 17.5 Å². The number of aryl methyl sites for hydroxylation is 1. The number of carbonyl (C=O) groups excluding carboxylic acids is 1. The lowest BCUT2D eigenvalue weighted by molar-refractivity contribution is -0.137. The second-order valence-electron chi connectivity index (χ2n) is 6.36. The molecule has 0 unspecified atom stereocenters. The second kappa shape index (κ2) is 6.93. The van der Waals surface area contributed by atoms with Gasteiger partial charge in [0, 0.05) is 23.2 Å². The van der Waals surface area contributed by atoms with E-state index in [1.807, 2.05) is 4.57 Å². The molecule has 1 aromatic heterocycles. The zero-order valence-corrected chi connectivity index (χ0v) is 15.7. The van der Waals surface area contributed by atoms with Crippen molar-refractivity contribution >= 4 is 28.5 Å². The van der Waals surface area contributed by atoms with Crippen molar-refractivity contribution in [1.82, 2.24) is 4.57 Å². The normalized spacial score (nSPS) is 11.8. The largest absolute Gasteiger partial charge is 0.465 e. The molecule has 0 bridgehead atoms. The first-order valence-electron chi connectivity index (χ1n) is 8.16. The predicted molar refractivity (Wildman–Crippen MR) is 98.3 cm³/mol. The molecule has 7 heteroatoms. The maximum Gasteiger partial charge on any atom is 0.416 e. The highest BCUT2D eigenvalue weighted by molar-refractivity contribution is 6.31. The van der Waals surface area contributed by atoms with Gasteiger partial charge in [-0.2, -0.15) is 13.2 Å². The fourth-order valence-electron chi connectivity index (χ4n) is 3.29. The molecular weight excluding hydrogens is 379 g/mol. The number of ether oxygens (including phenoxy) is 1. The van der Waals surface area contributed by atoms with Crippen LogP contribution in [0.2, 0.25) is 5.02 Å². The molecule has 0 aliphatic rings. The van der Waals surface area contributed by atoms with Gasteiger partial charge in [-0.3, -0.25) is 0 Å². The zero-order valence-electron chi connectivity index (χ0n) is 14.9. The van der Waals surface area contributed by atoms with E-state index >= 15 is 0 Å². The third-order valence-electron chi connectivity index (χ3n) is 4.65.